The highest BCUT2D eigenvalue weighted by molar-refractivity contribution is 5.06. The van der Waals surface area contributed by atoms with Crippen molar-refractivity contribution in [3.05, 3.63) is 30.1 Å². The van der Waals surface area contributed by atoms with Crippen molar-refractivity contribution in [3.8, 4) is 0 Å². The van der Waals surface area contributed by atoms with Crippen LogP contribution < -0.4 is 5.32 Å². The van der Waals surface area contributed by atoms with Crippen molar-refractivity contribution in [2.24, 2.45) is 0 Å². The predicted molar refractivity (Wildman–Crippen MR) is 75.7 cm³/mol. The molecule has 102 valence electrons. The first-order chi connectivity index (χ1) is 8.81. The van der Waals surface area contributed by atoms with E-state index in [9.17, 15) is 0 Å². The van der Waals surface area contributed by atoms with Gasteiger partial charge in [-0.1, -0.05) is 26.3 Å². The van der Waals surface area contributed by atoms with Crippen molar-refractivity contribution in [2.45, 2.75) is 51.7 Å². The second kappa shape index (κ2) is 9.06. The molecule has 0 saturated carbocycles. The van der Waals surface area contributed by atoms with Crippen LogP contribution in [0.5, 0.6) is 0 Å². The fourth-order valence-corrected chi connectivity index (χ4v) is 2.18. The third-order valence-corrected chi connectivity index (χ3v) is 3.14. The summed E-state index contributed by atoms with van der Waals surface area (Å²) in [5, 5.41) is 3.59. The number of ether oxygens (including phenoxy) is 1. The standard InChI is InChI=1S/C15H26N2O/c1-4-8-15(18-3)14(17-10-5-2)12-13-9-6-7-11-16-13/h6-7,9,11,14-15,17H,4-5,8,10,12H2,1-3H3. The van der Waals surface area contributed by atoms with Crippen LogP contribution in [0.4, 0.5) is 0 Å². The van der Waals surface area contributed by atoms with Gasteiger partial charge in [-0.25, -0.2) is 0 Å². The topological polar surface area (TPSA) is 34.2 Å². The van der Waals surface area contributed by atoms with Gasteiger partial charge in [0, 0.05) is 31.5 Å². The average Bonchev–Trinajstić information content (AvgIpc) is 2.42. The number of methoxy groups -OCH3 is 1. The molecule has 1 aromatic heterocycles. The first kappa shape index (κ1) is 15.1. The number of hydrogen-bond donors (Lipinski definition) is 1. The van der Waals surface area contributed by atoms with Gasteiger partial charge in [-0.05, 0) is 31.5 Å². The maximum atomic E-state index is 5.63. The van der Waals surface area contributed by atoms with Crippen LogP contribution in [-0.2, 0) is 11.2 Å². The van der Waals surface area contributed by atoms with Crippen molar-refractivity contribution in [3.63, 3.8) is 0 Å². The summed E-state index contributed by atoms with van der Waals surface area (Å²) >= 11 is 0. The predicted octanol–water partition coefficient (Wildman–Crippen LogP) is 2.81. The average molecular weight is 250 g/mol. The van der Waals surface area contributed by atoms with Crippen LogP contribution in [-0.4, -0.2) is 30.8 Å². The maximum absolute atomic E-state index is 5.63. The molecule has 2 unspecified atom stereocenters. The highest BCUT2D eigenvalue weighted by Crippen LogP contribution is 2.11. The van der Waals surface area contributed by atoms with E-state index in [4.69, 9.17) is 4.74 Å². The van der Waals surface area contributed by atoms with Crippen molar-refractivity contribution in [1.29, 1.82) is 0 Å². The van der Waals surface area contributed by atoms with E-state index in [2.05, 4.69) is 30.2 Å². The van der Waals surface area contributed by atoms with Gasteiger partial charge in [0.25, 0.3) is 0 Å². The molecule has 18 heavy (non-hydrogen) atoms. The Labute approximate surface area is 111 Å². The van der Waals surface area contributed by atoms with Crippen LogP contribution >= 0.6 is 0 Å². The zero-order valence-corrected chi connectivity index (χ0v) is 11.9. The van der Waals surface area contributed by atoms with Crippen LogP contribution in [0.25, 0.3) is 0 Å². The Hall–Kier alpha value is -0.930. The molecule has 3 nitrogen and oxygen atoms in total. The first-order valence-corrected chi connectivity index (χ1v) is 6.97. The Kier molecular flexibility index (Phi) is 7.62. The molecule has 0 radical (unpaired) electrons. The number of pyridine rings is 1. The third-order valence-electron chi connectivity index (χ3n) is 3.14. The van der Waals surface area contributed by atoms with Crippen molar-refractivity contribution in [1.82, 2.24) is 10.3 Å². The summed E-state index contributed by atoms with van der Waals surface area (Å²) in [5.41, 5.74) is 1.13. The van der Waals surface area contributed by atoms with Gasteiger partial charge in [-0.3, -0.25) is 4.98 Å². The zero-order chi connectivity index (χ0) is 13.2. The SMILES string of the molecule is CCCNC(Cc1ccccn1)C(CCC)OC. The Bertz CT molecular complexity index is 303. The zero-order valence-electron chi connectivity index (χ0n) is 11.9. The van der Waals surface area contributed by atoms with E-state index in [0.29, 0.717) is 6.04 Å². The molecule has 1 rings (SSSR count). The Balaban J connectivity index is 2.64. The molecule has 1 aromatic rings. The lowest BCUT2D eigenvalue weighted by atomic mass is 10.0. The van der Waals surface area contributed by atoms with E-state index in [-0.39, 0.29) is 6.10 Å². The molecule has 3 heteroatoms. The lowest BCUT2D eigenvalue weighted by molar-refractivity contribution is 0.0606. The minimum Gasteiger partial charge on any atom is -0.380 e. The minimum atomic E-state index is 0.267. The third kappa shape index (κ3) is 5.15. The molecule has 0 aliphatic heterocycles. The van der Waals surface area contributed by atoms with E-state index < -0.39 is 0 Å². The number of nitrogens with one attached hydrogen (secondary N) is 1. The lowest BCUT2D eigenvalue weighted by Crippen LogP contribution is -2.43. The van der Waals surface area contributed by atoms with Gasteiger partial charge >= 0.3 is 0 Å². The lowest BCUT2D eigenvalue weighted by Gasteiger charge is -2.26. The normalized spacial score (nSPS) is 14.4. The van der Waals surface area contributed by atoms with Gasteiger partial charge in [0.15, 0.2) is 0 Å². The van der Waals surface area contributed by atoms with Crippen LogP contribution in [0.15, 0.2) is 24.4 Å². The second-order valence-corrected chi connectivity index (χ2v) is 4.65. The minimum absolute atomic E-state index is 0.267. The fraction of sp³-hybridized carbons (Fsp3) is 0.667. The quantitative estimate of drug-likeness (QED) is 0.732. The molecule has 0 amide bonds. The van der Waals surface area contributed by atoms with Gasteiger partial charge in [-0.15, -0.1) is 0 Å². The fourth-order valence-electron chi connectivity index (χ4n) is 2.18. The molecule has 0 aliphatic rings. The maximum Gasteiger partial charge on any atom is 0.0728 e. The van der Waals surface area contributed by atoms with E-state index in [0.717, 1.165) is 37.9 Å². The van der Waals surface area contributed by atoms with E-state index in [1.165, 1.54) is 0 Å². The van der Waals surface area contributed by atoms with Gasteiger partial charge < -0.3 is 10.1 Å². The molecule has 0 spiro atoms. The monoisotopic (exact) mass is 250 g/mol. The van der Waals surface area contributed by atoms with E-state index >= 15 is 0 Å². The van der Waals surface area contributed by atoms with Gasteiger partial charge in [0.2, 0.25) is 0 Å². The number of hydrogen-bond acceptors (Lipinski definition) is 3. The van der Waals surface area contributed by atoms with E-state index in [1.807, 2.05) is 18.3 Å². The Morgan fingerprint density at radius 3 is 2.67 bits per heavy atom. The van der Waals surface area contributed by atoms with Crippen molar-refractivity contribution >= 4 is 0 Å². The number of rotatable bonds is 9. The molecular formula is C15H26N2O. The van der Waals surface area contributed by atoms with Crippen molar-refractivity contribution in [2.75, 3.05) is 13.7 Å². The summed E-state index contributed by atoms with van der Waals surface area (Å²) in [6, 6.07) is 6.43. The highest BCUT2D eigenvalue weighted by atomic mass is 16.5. The van der Waals surface area contributed by atoms with Gasteiger partial charge in [-0.2, -0.15) is 0 Å². The van der Waals surface area contributed by atoms with Gasteiger partial charge in [0.1, 0.15) is 0 Å². The van der Waals surface area contributed by atoms with Crippen LogP contribution in [0.2, 0.25) is 0 Å². The van der Waals surface area contributed by atoms with Crippen molar-refractivity contribution < 1.29 is 4.74 Å². The highest BCUT2D eigenvalue weighted by Gasteiger charge is 2.20. The summed E-state index contributed by atoms with van der Waals surface area (Å²) < 4.78 is 5.63. The Morgan fingerprint density at radius 1 is 1.28 bits per heavy atom. The summed E-state index contributed by atoms with van der Waals surface area (Å²) in [5.74, 6) is 0. The first-order valence-electron chi connectivity index (χ1n) is 6.97. The summed E-state index contributed by atoms with van der Waals surface area (Å²) in [7, 11) is 1.80. The largest absolute Gasteiger partial charge is 0.380 e. The number of nitrogens with zero attached hydrogens (tertiary/aromatic N) is 1. The second-order valence-electron chi connectivity index (χ2n) is 4.65. The molecule has 0 aliphatic carbocycles. The van der Waals surface area contributed by atoms with Crippen LogP contribution in [0.3, 0.4) is 0 Å². The molecule has 0 aromatic carbocycles. The Morgan fingerprint density at radius 2 is 2.11 bits per heavy atom. The molecule has 2 atom stereocenters. The molecular weight excluding hydrogens is 224 g/mol. The van der Waals surface area contributed by atoms with Crippen LogP contribution in [0.1, 0.15) is 38.8 Å². The summed E-state index contributed by atoms with van der Waals surface area (Å²) in [6.45, 7) is 5.41. The molecule has 0 fully saturated rings. The molecule has 0 saturated heterocycles. The van der Waals surface area contributed by atoms with Crippen LogP contribution in [0, 0.1) is 0 Å². The molecule has 1 heterocycles. The number of aromatic nitrogens is 1. The van der Waals surface area contributed by atoms with E-state index in [1.54, 1.807) is 7.11 Å². The van der Waals surface area contributed by atoms with Gasteiger partial charge in [0.05, 0.1) is 6.10 Å². The molecule has 0 bridgehead atoms. The smallest absolute Gasteiger partial charge is 0.0728 e. The molecule has 1 N–H and O–H groups in total. The summed E-state index contributed by atoms with van der Waals surface area (Å²) in [6.07, 6.45) is 6.42. The summed E-state index contributed by atoms with van der Waals surface area (Å²) in [4.78, 5) is 4.41.